The predicted molar refractivity (Wildman–Crippen MR) is 108 cm³/mol. The molecule has 4 rings (SSSR count). The van der Waals surface area contributed by atoms with Gasteiger partial charge in [0.25, 0.3) is 0 Å². The van der Waals surface area contributed by atoms with Gasteiger partial charge in [-0.05, 0) is 43.9 Å². The maximum atomic E-state index is 11.5. The minimum absolute atomic E-state index is 0.438. The monoisotopic (exact) mass is 392 g/mol. The third-order valence-electron chi connectivity index (χ3n) is 5.61. The number of aromatic nitrogens is 2. The van der Waals surface area contributed by atoms with Crippen molar-refractivity contribution < 1.29 is 19.1 Å². The zero-order chi connectivity index (χ0) is 20.3. The number of oxazole rings is 1. The van der Waals surface area contributed by atoms with Crippen LogP contribution < -0.4 is 4.74 Å². The van der Waals surface area contributed by atoms with Crippen LogP contribution in [0.25, 0.3) is 11.5 Å². The number of aryl methyl sites for hydroxylation is 1. The molecule has 3 aromatic rings. The number of ether oxygens (including phenoxy) is 1. The standard InChI is InChI=1S/C23H24N2O4/c1-16-19(25-21(29-16)18-6-3-2-4-7-18)10-13-28-20-9-8-17(15-24-20)14-23(22(26)27)11-5-12-23/h2-4,6-9,15H,5,10-14H2,1H3,(H,26,27). The molecule has 1 saturated carbocycles. The molecule has 0 unspecified atom stereocenters. The van der Waals surface area contributed by atoms with Crippen molar-refractivity contribution >= 4 is 5.97 Å². The van der Waals surface area contributed by atoms with Gasteiger partial charge in [-0.15, -0.1) is 0 Å². The Kier molecular flexibility index (Phi) is 5.34. The lowest BCUT2D eigenvalue weighted by Gasteiger charge is -2.37. The van der Waals surface area contributed by atoms with Crippen LogP contribution in [0.15, 0.2) is 53.1 Å². The highest BCUT2D eigenvalue weighted by atomic mass is 16.5. The minimum atomic E-state index is -0.707. The molecule has 6 nitrogen and oxygen atoms in total. The zero-order valence-corrected chi connectivity index (χ0v) is 16.4. The van der Waals surface area contributed by atoms with Crippen LogP contribution in [0, 0.1) is 12.3 Å². The van der Waals surface area contributed by atoms with Crippen molar-refractivity contribution in [2.45, 2.75) is 39.0 Å². The normalized spacial score (nSPS) is 14.9. The molecular formula is C23H24N2O4. The van der Waals surface area contributed by atoms with E-state index in [1.807, 2.05) is 43.3 Å². The van der Waals surface area contributed by atoms with Crippen LogP contribution in [0.2, 0.25) is 0 Å². The number of carboxylic acids is 1. The number of carbonyl (C=O) groups is 1. The third kappa shape index (κ3) is 4.16. The van der Waals surface area contributed by atoms with Crippen molar-refractivity contribution in [1.29, 1.82) is 0 Å². The number of hydrogen-bond donors (Lipinski definition) is 1. The fraction of sp³-hybridized carbons (Fsp3) is 0.348. The molecule has 0 radical (unpaired) electrons. The second-order valence-corrected chi connectivity index (χ2v) is 7.61. The molecule has 1 aliphatic rings. The van der Waals surface area contributed by atoms with E-state index in [9.17, 15) is 9.90 Å². The summed E-state index contributed by atoms with van der Waals surface area (Å²) >= 11 is 0. The summed E-state index contributed by atoms with van der Waals surface area (Å²) in [6, 6.07) is 13.5. The first-order valence-electron chi connectivity index (χ1n) is 9.89. The van der Waals surface area contributed by atoms with Gasteiger partial charge in [0, 0.05) is 24.2 Å². The van der Waals surface area contributed by atoms with Gasteiger partial charge < -0.3 is 14.3 Å². The van der Waals surface area contributed by atoms with Gasteiger partial charge in [0.2, 0.25) is 11.8 Å². The average Bonchev–Trinajstić information content (AvgIpc) is 3.07. The topological polar surface area (TPSA) is 85.5 Å². The van der Waals surface area contributed by atoms with Gasteiger partial charge in [-0.3, -0.25) is 4.79 Å². The summed E-state index contributed by atoms with van der Waals surface area (Å²) in [5, 5.41) is 9.46. The summed E-state index contributed by atoms with van der Waals surface area (Å²) in [4.78, 5) is 20.4. The van der Waals surface area contributed by atoms with E-state index in [0.29, 0.717) is 31.2 Å². The van der Waals surface area contributed by atoms with Gasteiger partial charge in [-0.2, -0.15) is 0 Å². The Balaban J connectivity index is 1.32. The zero-order valence-electron chi connectivity index (χ0n) is 16.4. The molecule has 29 heavy (non-hydrogen) atoms. The van der Waals surface area contributed by atoms with Crippen molar-refractivity contribution in [3.63, 3.8) is 0 Å². The molecule has 1 aliphatic carbocycles. The van der Waals surface area contributed by atoms with E-state index in [1.165, 1.54) is 0 Å². The first-order valence-corrected chi connectivity index (χ1v) is 9.89. The molecule has 6 heteroatoms. The minimum Gasteiger partial charge on any atom is -0.481 e. The second kappa shape index (κ2) is 8.07. The van der Waals surface area contributed by atoms with Crippen LogP contribution in [-0.4, -0.2) is 27.7 Å². The van der Waals surface area contributed by atoms with Gasteiger partial charge in [0.15, 0.2) is 0 Å². The van der Waals surface area contributed by atoms with Crippen LogP contribution in [0.4, 0.5) is 0 Å². The summed E-state index contributed by atoms with van der Waals surface area (Å²) in [6.45, 7) is 2.34. The Morgan fingerprint density at radius 1 is 1.21 bits per heavy atom. The van der Waals surface area contributed by atoms with Gasteiger partial charge in [0.1, 0.15) is 5.76 Å². The van der Waals surface area contributed by atoms with Gasteiger partial charge in [0.05, 0.1) is 17.7 Å². The lowest BCUT2D eigenvalue weighted by molar-refractivity contribution is -0.154. The van der Waals surface area contributed by atoms with E-state index >= 15 is 0 Å². The molecule has 0 atom stereocenters. The highest BCUT2D eigenvalue weighted by Gasteiger charge is 2.44. The fourth-order valence-corrected chi connectivity index (χ4v) is 3.68. The highest BCUT2D eigenvalue weighted by molar-refractivity contribution is 5.76. The molecule has 1 fully saturated rings. The van der Waals surface area contributed by atoms with E-state index in [0.717, 1.165) is 41.8 Å². The number of hydrogen-bond acceptors (Lipinski definition) is 5. The van der Waals surface area contributed by atoms with Gasteiger partial charge >= 0.3 is 5.97 Å². The summed E-state index contributed by atoms with van der Waals surface area (Å²) in [7, 11) is 0. The molecule has 0 saturated heterocycles. The highest BCUT2D eigenvalue weighted by Crippen LogP contribution is 2.43. The van der Waals surface area contributed by atoms with E-state index in [2.05, 4.69) is 9.97 Å². The molecule has 0 aliphatic heterocycles. The third-order valence-corrected chi connectivity index (χ3v) is 5.61. The lowest BCUT2D eigenvalue weighted by Crippen LogP contribution is -2.39. The van der Waals surface area contributed by atoms with Crippen molar-refractivity contribution in [2.24, 2.45) is 5.41 Å². The molecule has 1 N–H and O–H groups in total. The summed E-state index contributed by atoms with van der Waals surface area (Å²) in [5.74, 6) is 1.22. The first kappa shape index (κ1) is 19.2. The van der Waals surface area contributed by atoms with Gasteiger partial charge in [-0.25, -0.2) is 9.97 Å². The van der Waals surface area contributed by atoms with E-state index in [1.54, 1.807) is 12.3 Å². The molecule has 1 aromatic carbocycles. The van der Waals surface area contributed by atoms with Crippen LogP contribution in [-0.2, 0) is 17.6 Å². The number of carboxylic acid groups (broad SMARTS) is 1. The van der Waals surface area contributed by atoms with Crippen molar-refractivity contribution in [1.82, 2.24) is 9.97 Å². The molecule has 0 amide bonds. The Bertz CT molecular complexity index is 976. The van der Waals surface area contributed by atoms with Gasteiger partial charge in [-0.1, -0.05) is 30.7 Å². The van der Waals surface area contributed by atoms with E-state index in [4.69, 9.17) is 9.15 Å². The molecule has 2 aromatic heterocycles. The first-order chi connectivity index (χ1) is 14.1. The largest absolute Gasteiger partial charge is 0.481 e. The van der Waals surface area contributed by atoms with Crippen molar-refractivity contribution in [3.05, 3.63) is 65.7 Å². The summed E-state index contributed by atoms with van der Waals surface area (Å²) < 4.78 is 11.5. The van der Waals surface area contributed by atoms with Crippen LogP contribution in [0.5, 0.6) is 5.88 Å². The fourth-order valence-electron chi connectivity index (χ4n) is 3.68. The Morgan fingerprint density at radius 2 is 2.00 bits per heavy atom. The van der Waals surface area contributed by atoms with E-state index in [-0.39, 0.29) is 0 Å². The van der Waals surface area contributed by atoms with Crippen LogP contribution >= 0.6 is 0 Å². The van der Waals surface area contributed by atoms with E-state index < -0.39 is 11.4 Å². The number of rotatable bonds is 8. The molecule has 0 bridgehead atoms. The quantitative estimate of drug-likeness (QED) is 0.609. The van der Waals surface area contributed by atoms with Crippen molar-refractivity contribution in [3.8, 4) is 17.3 Å². The summed E-state index contributed by atoms with van der Waals surface area (Å²) in [5.41, 5.74) is 2.14. The Morgan fingerprint density at radius 3 is 2.62 bits per heavy atom. The Hall–Kier alpha value is -3.15. The molecular weight excluding hydrogens is 368 g/mol. The molecule has 0 spiro atoms. The lowest BCUT2D eigenvalue weighted by atomic mass is 9.65. The Labute approximate surface area is 169 Å². The van der Waals surface area contributed by atoms with Crippen LogP contribution in [0.3, 0.4) is 0 Å². The summed E-state index contributed by atoms with van der Waals surface area (Å²) in [6.07, 6.45) is 5.32. The predicted octanol–water partition coefficient (Wildman–Crippen LogP) is 4.46. The maximum absolute atomic E-state index is 11.5. The van der Waals surface area contributed by atoms with Crippen molar-refractivity contribution in [2.75, 3.05) is 6.61 Å². The number of pyridine rings is 1. The molecule has 150 valence electrons. The second-order valence-electron chi connectivity index (χ2n) is 7.61. The maximum Gasteiger partial charge on any atom is 0.309 e. The van der Waals surface area contributed by atoms with Crippen LogP contribution in [0.1, 0.15) is 36.3 Å². The smallest absolute Gasteiger partial charge is 0.309 e. The number of aliphatic carboxylic acids is 1. The number of nitrogens with zero attached hydrogens (tertiary/aromatic N) is 2. The molecule has 2 heterocycles. The number of benzene rings is 1. The average molecular weight is 392 g/mol. The SMILES string of the molecule is Cc1oc(-c2ccccc2)nc1CCOc1ccc(CC2(C(=O)O)CCC2)cn1.